The first-order valence-corrected chi connectivity index (χ1v) is 8.12. The van der Waals surface area contributed by atoms with E-state index in [9.17, 15) is 5.11 Å². The van der Waals surface area contributed by atoms with Crippen LogP contribution in [0.2, 0.25) is 0 Å². The quantitative estimate of drug-likeness (QED) is 0.821. The second kappa shape index (κ2) is 5.87. The third kappa shape index (κ3) is 3.62. The maximum atomic E-state index is 10.7. The first-order chi connectivity index (χ1) is 9.63. The van der Waals surface area contributed by atoms with Gasteiger partial charge in [-0.3, -0.25) is 4.90 Å². The van der Waals surface area contributed by atoms with Gasteiger partial charge in [0, 0.05) is 19.1 Å². The summed E-state index contributed by atoms with van der Waals surface area (Å²) in [5, 5.41) is 10.7. The average molecular weight is 273 g/mol. The Hall–Kier alpha value is -0.860. The van der Waals surface area contributed by atoms with Crippen molar-refractivity contribution in [2.24, 2.45) is 11.8 Å². The van der Waals surface area contributed by atoms with Gasteiger partial charge in [0.15, 0.2) is 0 Å². The van der Waals surface area contributed by atoms with Crippen molar-refractivity contribution in [3.63, 3.8) is 0 Å². The van der Waals surface area contributed by atoms with E-state index in [0.29, 0.717) is 0 Å². The Labute approximate surface area is 122 Å². The third-order valence-corrected chi connectivity index (χ3v) is 4.83. The maximum absolute atomic E-state index is 10.7. The monoisotopic (exact) mass is 273 g/mol. The predicted molar refractivity (Wildman–Crippen MR) is 82.6 cm³/mol. The predicted octanol–water partition coefficient (Wildman–Crippen LogP) is 3.54. The molecule has 0 radical (unpaired) electrons. The summed E-state index contributed by atoms with van der Waals surface area (Å²) in [5.74, 6) is 1.78. The van der Waals surface area contributed by atoms with Crippen molar-refractivity contribution < 1.29 is 5.11 Å². The van der Waals surface area contributed by atoms with Gasteiger partial charge in [0.1, 0.15) is 0 Å². The first kappa shape index (κ1) is 14.1. The maximum Gasteiger partial charge on any atom is 0.0942 e. The van der Waals surface area contributed by atoms with Crippen LogP contribution in [0.1, 0.15) is 49.8 Å². The topological polar surface area (TPSA) is 23.5 Å². The largest absolute Gasteiger partial charge is 0.387 e. The second-order valence-corrected chi connectivity index (χ2v) is 6.94. The number of aliphatic hydroxyl groups is 1. The molecule has 1 N–H and O–H groups in total. The van der Waals surface area contributed by atoms with Crippen LogP contribution in [0.15, 0.2) is 24.3 Å². The molecule has 0 aromatic heterocycles. The molecule has 3 rings (SSSR count). The Kier molecular flexibility index (Phi) is 4.13. The molecule has 2 heteroatoms. The van der Waals surface area contributed by atoms with E-state index < -0.39 is 0 Å². The summed E-state index contributed by atoms with van der Waals surface area (Å²) in [6.45, 7) is 6.64. The molecule has 0 amide bonds. The molecular formula is C18H27NO. The van der Waals surface area contributed by atoms with Gasteiger partial charge in [-0.25, -0.2) is 0 Å². The highest BCUT2D eigenvalue weighted by Gasteiger charge is 2.33. The fraction of sp³-hybridized carbons (Fsp3) is 0.667. The van der Waals surface area contributed by atoms with E-state index in [0.717, 1.165) is 17.4 Å². The molecular weight excluding hydrogens is 246 g/mol. The fourth-order valence-corrected chi connectivity index (χ4v) is 2.91. The molecule has 110 valence electrons. The van der Waals surface area contributed by atoms with Crippen molar-refractivity contribution in [2.45, 2.75) is 51.7 Å². The Bertz CT molecular complexity index is 419. The van der Waals surface area contributed by atoms with Crippen LogP contribution in [-0.4, -0.2) is 29.1 Å². The standard InChI is InChI=1S/C18H27NO/c1-13-3-9-17(10-4-13)18(20)14(2)19(11-15-5-6-15)12-16-7-8-16/h3-4,9-10,14-16,18,20H,5-8,11-12H2,1-2H3. The lowest BCUT2D eigenvalue weighted by atomic mass is 10.0. The summed E-state index contributed by atoms with van der Waals surface area (Å²) in [6, 6.07) is 8.56. The van der Waals surface area contributed by atoms with Crippen LogP contribution in [0.3, 0.4) is 0 Å². The number of aliphatic hydroxyl groups excluding tert-OH is 1. The van der Waals surface area contributed by atoms with Gasteiger partial charge in [-0.1, -0.05) is 29.8 Å². The first-order valence-electron chi connectivity index (χ1n) is 8.12. The number of hydrogen-bond donors (Lipinski definition) is 1. The van der Waals surface area contributed by atoms with Crippen molar-refractivity contribution >= 4 is 0 Å². The van der Waals surface area contributed by atoms with Crippen LogP contribution in [0.5, 0.6) is 0 Å². The molecule has 0 aliphatic heterocycles. The summed E-state index contributed by atoms with van der Waals surface area (Å²) in [6.07, 6.45) is 5.17. The van der Waals surface area contributed by atoms with Gasteiger partial charge >= 0.3 is 0 Å². The fourth-order valence-electron chi connectivity index (χ4n) is 2.91. The Morgan fingerprint density at radius 3 is 2.00 bits per heavy atom. The highest BCUT2D eigenvalue weighted by atomic mass is 16.3. The molecule has 0 heterocycles. The molecule has 0 bridgehead atoms. The number of rotatable bonds is 7. The SMILES string of the molecule is Cc1ccc(C(O)C(C)N(CC2CC2)CC2CC2)cc1. The molecule has 2 unspecified atom stereocenters. The molecule has 2 nitrogen and oxygen atoms in total. The van der Waals surface area contributed by atoms with Crippen LogP contribution in [-0.2, 0) is 0 Å². The normalized spacial score (nSPS) is 22.0. The lowest BCUT2D eigenvalue weighted by Crippen LogP contribution is -2.40. The van der Waals surface area contributed by atoms with Gasteiger partial charge in [-0.15, -0.1) is 0 Å². The summed E-state index contributed by atoms with van der Waals surface area (Å²) in [4.78, 5) is 2.54. The zero-order valence-corrected chi connectivity index (χ0v) is 12.8. The number of aryl methyl sites for hydroxylation is 1. The average Bonchev–Trinajstić information content (AvgIpc) is 3.32. The number of hydrogen-bond acceptors (Lipinski definition) is 2. The van der Waals surface area contributed by atoms with Gasteiger partial charge in [-0.2, -0.15) is 0 Å². The molecule has 1 aromatic rings. The molecule has 2 aliphatic rings. The van der Waals surface area contributed by atoms with Crippen LogP contribution in [0.4, 0.5) is 0 Å². The van der Waals surface area contributed by atoms with Gasteiger partial charge in [0.05, 0.1) is 6.10 Å². The summed E-state index contributed by atoms with van der Waals surface area (Å²) >= 11 is 0. The molecule has 1 aromatic carbocycles. The molecule has 2 aliphatic carbocycles. The lowest BCUT2D eigenvalue weighted by molar-refractivity contribution is 0.0522. The van der Waals surface area contributed by atoms with E-state index in [2.05, 4.69) is 43.0 Å². The van der Waals surface area contributed by atoms with Gasteiger partial charge in [0.2, 0.25) is 0 Å². The van der Waals surface area contributed by atoms with Crippen LogP contribution < -0.4 is 0 Å². The Morgan fingerprint density at radius 2 is 1.55 bits per heavy atom. The van der Waals surface area contributed by atoms with Gasteiger partial charge in [0.25, 0.3) is 0 Å². The third-order valence-electron chi connectivity index (χ3n) is 4.83. The van der Waals surface area contributed by atoms with Crippen LogP contribution >= 0.6 is 0 Å². The highest BCUT2D eigenvalue weighted by Crippen LogP contribution is 2.36. The zero-order chi connectivity index (χ0) is 14.1. The van der Waals surface area contributed by atoms with Crippen molar-refractivity contribution in [1.29, 1.82) is 0 Å². The summed E-state index contributed by atoms with van der Waals surface area (Å²) in [5.41, 5.74) is 2.31. The summed E-state index contributed by atoms with van der Waals surface area (Å²) in [7, 11) is 0. The highest BCUT2D eigenvalue weighted by molar-refractivity contribution is 5.24. The van der Waals surface area contributed by atoms with E-state index in [-0.39, 0.29) is 12.1 Å². The van der Waals surface area contributed by atoms with E-state index in [1.807, 2.05) is 0 Å². The summed E-state index contributed by atoms with van der Waals surface area (Å²) < 4.78 is 0. The van der Waals surface area contributed by atoms with Gasteiger partial charge in [-0.05, 0) is 56.9 Å². The van der Waals surface area contributed by atoms with Crippen molar-refractivity contribution in [3.8, 4) is 0 Å². The van der Waals surface area contributed by atoms with Crippen LogP contribution in [0.25, 0.3) is 0 Å². The lowest BCUT2D eigenvalue weighted by Gasteiger charge is -2.33. The van der Waals surface area contributed by atoms with E-state index in [1.54, 1.807) is 0 Å². The Morgan fingerprint density at radius 1 is 1.05 bits per heavy atom. The Balaban J connectivity index is 1.66. The van der Waals surface area contributed by atoms with Gasteiger partial charge < -0.3 is 5.11 Å². The molecule has 0 spiro atoms. The molecule has 2 saturated carbocycles. The number of benzene rings is 1. The van der Waals surface area contributed by atoms with E-state index in [4.69, 9.17) is 0 Å². The molecule has 2 atom stereocenters. The minimum Gasteiger partial charge on any atom is -0.387 e. The van der Waals surface area contributed by atoms with E-state index >= 15 is 0 Å². The molecule has 20 heavy (non-hydrogen) atoms. The second-order valence-electron chi connectivity index (χ2n) is 6.94. The van der Waals surface area contributed by atoms with Crippen LogP contribution in [0, 0.1) is 18.8 Å². The van der Waals surface area contributed by atoms with Crippen molar-refractivity contribution in [2.75, 3.05) is 13.1 Å². The molecule has 2 fully saturated rings. The smallest absolute Gasteiger partial charge is 0.0942 e. The number of nitrogens with zero attached hydrogens (tertiary/aromatic N) is 1. The van der Waals surface area contributed by atoms with Crippen molar-refractivity contribution in [1.82, 2.24) is 4.90 Å². The minimum absolute atomic E-state index is 0.221. The minimum atomic E-state index is -0.368. The van der Waals surface area contributed by atoms with E-state index in [1.165, 1.54) is 44.3 Å². The zero-order valence-electron chi connectivity index (χ0n) is 12.8. The molecule has 0 saturated heterocycles. The van der Waals surface area contributed by atoms with Crippen molar-refractivity contribution in [3.05, 3.63) is 35.4 Å².